The Kier molecular flexibility index (Phi) is 6.19. The lowest BCUT2D eigenvalue weighted by Crippen LogP contribution is -2.36. The zero-order valence-electron chi connectivity index (χ0n) is 16.3. The van der Waals surface area contributed by atoms with Gasteiger partial charge in [-0.3, -0.25) is 9.59 Å². The summed E-state index contributed by atoms with van der Waals surface area (Å²) in [5.41, 5.74) is 3.96. The maximum Gasteiger partial charge on any atom is 0.244 e. The highest BCUT2D eigenvalue weighted by Gasteiger charge is 2.20. The van der Waals surface area contributed by atoms with Crippen molar-refractivity contribution in [2.24, 2.45) is 0 Å². The molecule has 2 rings (SSSR count). The molecule has 2 aromatic rings. The average molecular weight is 352 g/mol. The van der Waals surface area contributed by atoms with Crippen LogP contribution in [0.25, 0.3) is 0 Å². The van der Waals surface area contributed by atoms with Crippen LogP contribution in [-0.2, 0) is 21.5 Å². The van der Waals surface area contributed by atoms with Crippen molar-refractivity contribution in [3.8, 4) is 0 Å². The van der Waals surface area contributed by atoms with Gasteiger partial charge in [0.1, 0.15) is 6.54 Å². The lowest BCUT2D eigenvalue weighted by atomic mass is 9.86. The predicted molar refractivity (Wildman–Crippen MR) is 106 cm³/mol. The van der Waals surface area contributed by atoms with Crippen molar-refractivity contribution >= 4 is 17.5 Å². The Bertz CT molecular complexity index is 773. The van der Waals surface area contributed by atoms with Crippen LogP contribution in [0.15, 0.2) is 48.5 Å². The summed E-state index contributed by atoms with van der Waals surface area (Å²) in [5.74, 6) is -0.311. The number of benzene rings is 2. The summed E-state index contributed by atoms with van der Waals surface area (Å²) >= 11 is 0. The first kappa shape index (κ1) is 19.7. The van der Waals surface area contributed by atoms with Crippen LogP contribution in [0.5, 0.6) is 0 Å². The smallest absolute Gasteiger partial charge is 0.244 e. The van der Waals surface area contributed by atoms with Gasteiger partial charge in [-0.1, -0.05) is 68.8 Å². The highest BCUT2D eigenvalue weighted by Crippen LogP contribution is 2.29. The quantitative estimate of drug-likeness (QED) is 0.873. The van der Waals surface area contributed by atoms with E-state index in [-0.39, 0.29) is 23.8 Å². The largest absolute Gasteiger partial charge is 0.329 e. The third-order valence-corrected chi connectivity index (χ3v) is 4.28. The molecule has 0 saturated heterocycles. The zero-order chi connectivity index (χ0) is 19.3. The van der Waals surface area contributed by atoms with E-state index < -0.39 is 0 Å². The molecule has 0 aromatic heterocycles. The molecule has 0 radical (unpaired) electrons. The molecule has 0 bridgehead atoms. The number of aryl methyl sites for hydroxylation is 1. The third kappa shape index (κ3) is 5.45. The van der Waals surface area contributed by atoms with Crippen LogP contribution < -0.4 is 5.32 Å². The van der Waals surface area contributed by atoms with Crippen LogP contribution >= 0.6 is 0 Å². The summed E-state index contributed by atoms with van der Waals surface area (Å²) in [6.45, 7) is 10.3. The van der Waals surface area contributed by atoms with Gasteiger partial charge in [-0.05, 0) is 29.5 Å². The van der Waals surface area contributed by atoms with Crippen molar-refractivity contribution in [2.75, 3.05) is 11.9 Å². The summed E-state index contributed by atoms with van der Waals surface area (Å²) in [4.78, 5) is 26.1. The maximum atomic E-state index is 12.5. The second-order valence-corrected chi connectivity index (χ2v) is 7.70. The normalized spacial score (nSPS) is 11.1. The molecule has 0 unspecified atom stereocenters. The number of nitrogens with zero attached hydrogens (tertiary/aromatic N) is 1. The molecule has 0 atom stereocenters. The molecule has 4 nitrogen and oxygen atoms in total. The Hall–Kier alpha value is -2.62. The van der Waals surface area contributed by atoms with Crippen molar-refractivity contribution in [1.29, 1.82) is 0 Å². The SMILES string of the molecule is CC(=O)N(CC(=O)Nc1ccccc1C(C)(C)C)Cc1ccc(C)cc1. The maximum absolute atomic E-state index is 12.5. The van der Waals surface area contributed by atoms with E-state index in [2.05, 4.69) is 26.1 Å². The summed E-state index contributed by atoms with van der Waals surface area (Å²) in [7, 11) is 0. The van der Waals surface area contributed by atoms with Gasteiger partial charge in [-0.15, -0.1) is 0 Å². The number of carbonyl (C=O) groups is 2. The fourth-order valence-corrected chi connectivity index (χ4v) is 2.80. The first-order valence-electron chi connectivity index (χ1n) is 8.87. The molecule has 138 valence electrons. The fraction of sp³-hybridized carbons (Fsp3) is 0.364. The van der Waals surface area contributed by atoms with Gasteiger partial charge in [-0.2, -0.15) is 0 Å². The minimum absolute atomic E-state index is 0.0295. The molecule has 0 fully saturated rings. The van der Waals surface area contributed by atoms with Gasteiger partial charge in [-0.25, -0.2) is 0 Å². The predicted octanol–water partition coefficient (Wildman–Crippen LogP) is 4.28. The third-order valence-electron chi connectivity index (χ3n) is 4.28. The highest BCUT2D eigenvalue weighted by atomic mass is 16.2. The van der Waals surface area contributed by atoms with E-state index in [1.807, 2.05) is 55.5 Å². The summed E-state index contributed by atoms with van der Waals surface area (Å²) < 4.78 is 0. The Morgan fingerprint density at radius 1 is 1.00 bits per heavy atom. The molecule has 2 amide bonds. The van der Waals surface area contributed by atoms with Crippen LogP contribution in [0.4, 0.5) is 5.69 Å². The molecule has 0 aliphatic heterocycles. The van der Waals surface area contributed by atoms with Crippen LogP contribution in [0, 0.1) is 6.92 Å². The van der Waals surface area contributed by atoms with E-state index in [1.54, 1.807) is 4.90 Å². The number of carbonyl (C=O) groups excluding carboxylic acids is 2. The number of amides is 2. The summed E-state index contributed by atoms with van der Waals surface area (Å²) in [6, 6.07) is 15.8. The number of hydrogen-bond donors (Lipinski definition) is 1. The molecule has 26 heavy (non-hydrogen) atoms. The standard InChI is InChI=1S/C22H28N2O2/c1-16-10-12-18(13-11-16)14-24(17(2)25)15-21(26)23-20-9-7-6-8-19(20)22(3,4)5/h6-13H,14-15H2,1-5H3,(H,23,26). The average Bonchev–Trinajstić information content (AvgIpc) is 2.55. The fourth-order valence-electron chi connectivity index (χ4n) is 2.80. The molecule has 0 aliphatic carbocycles. The lowest BCUT2D eigenvalue weighted by Gasteiger charge is -2.24. The second-order valence-electron chi connectivity index (χ2n) is 7.70. The van der Waals surface area contributed by atoms with Gasteiger partial charge in [0.15, 0.2) is 0 Å². The van der Waals surface area contributed by atoms with Crippen LogP contribution in [-0.4, -0.2) is 23.3 Å². The van der Waals surface area contributed by atoms with Gasteiger partial charge in [0.2, 0.25) is 11.8 Å². The van der Waals surface area contributed by atoms with Gasteiger partial charge in [0, 0.05) is 19.2 Å². The topological polar surface area (TPSA) is 49.4 Å². The van der Waals surface area contributed by atoms with Crippen molar-refractivity contribution in [3.05, 3.63) is 65.2 Å². The first-order chi connectivity index (χ1) is 12.2. The van der Waals surface area contributed by atoms with Gasteiger partial charge in [0.05, 0.1) is 0 Å². The Morgan fingerprint density at radius 2 is 1.62 bits per heavy atom. The van der Waals surface area contributed by atoms with Crippen LogP contribution in [0.1, 0.15) is 44.4 Å². The van der Waals surface area contributed by atoms with Gasteiger partial charge in [0.25, 0.3) is 0 Å². The van der Waals surface area contributed by atoms with Gasteiger partial charge < -0.3 is 10.2 Å². The van der Waals surface area contributed by atoms with E-state index in [4.69, 9.17) is 0 Å². The lowest BCUT2D eigenvalue weighted by molar-refractivity contribution is -0.133. The monoisotopic (exact) mass is 352 g/mol. The molecular formula is C22H28N2O2. The number of anilines is 1. The molecule has 0 spiro atoms. The Labute approximate surface area is 156 Å². The van der Waals surface area contributed by atoms with Crippen molar-refractivity contribution < 1.29 is 9.59 Å². The van der Waals surface area contributed by atoms with Crippen molar-refractivity contribution in [3.63, 3.8) is 0 Å². The molecule has 0 aliphatic rings. The molecule has 2 aromatic carbocycles. The Morgan fingerprint density at radius 3 is 2.19 bits per heavy atom. The number of rotatable bonds is 5. The molecule has 0 saturated carbocycles. The number of nitrogens with one attached hydrogen (secondary N) is 1. The zero-order valence-corrected chi connectivity index (χ0v) is 16.3. The highest BCUT2D eigenvalue weighted by molar-refractivity contribution is 5.95. The molecular weight excluding hydrogens is 324 g/mol. The van der Waals surface area contributed by atoms with Crippen LogP contribution in [0.3, 0.4) is 0 Å². The minimum Gasteiger partial charge on any atom is -0.329 e. The van der Waals surface area contributed by atoms with Crippen molar-refractivity contribution in [1.82, 2.24) is 4.90 Å². The number of para-hydroxylation sites is 1. The molecule has 0 heterocycles. The molecule has 1 N–H and O–H groups in total. The van der Waals surface area contributed by atoms with E-state index in [9.17, 15) is 9.59 Å². The van der Waals surface area contributed by atoms with Gasteiger partial charge >= 0.3 is 0 Å². The minimum atomic E-state index is -0.191. The Balaban J connectivity index is 2.09. The van der Waals surface area contributed by atoms with E-state index in [0.29, 0.717) is 6.54 Å². The first-order valence-corrected chi connectivity index (χ1v) is 8.87. The second kappa shape index (κ2) is 8.17. The van der Waals surface area contributed by atoms with E-state index >= 15 is 0 Å². The molecule has 4 heteroatoms. The van der Waals surface area contributed by atoms with E-state index in [0.717, 1.165) is 16.8 Å². The summed E-state index contributed by atoms with van der Waals surface area (Å²) in [5, 5.41) is 2.96. The van der Waals surface area contributed by atoms with Crippen molar-refractivity contribution in [2.45, 2.75) is 46.6 Å². The number of hydrogen-bond acceptors (Lipinski definition) is 2. The van der Waals surface area contributed by atoms with Crippen LogP contribution in [0.2, 0.25) is 0 Å². The van der Waals surface area contributed by atoms with E-state index in [1.165, 1.54) is 12.5 Å². The summed E-state index contributed by atoms with van der Waals surface area (Å²) in [6.07, 6.45) is 0.